The molecule has 0 saturated heterocycles. The Balaban J connectivity index is 0.000000181. The zero-order chi connectivity index (χ0) is 37.3. The molecule has 0 radical (unpaired) electrons. The minimum Gasteiger partial charge on any atom is -0.496 e. The lowest BCUT2D eigenvalue weighted by Crippen LogP contribution is -2.32. The van der Waals surface area contributed by atoms with Gasteiger partial charge in [-0.05, 0) is 141 Å². The van der Waals surface area contributed by atoms with Crippen molar-refractivity contribution >= 4 is 53.6 Å². The lowest BCUT2D eigenvalue weighted by atomic mass is 9.98. The van der Waals surface area contributed by atoms with Crippen molar-refractivity contribution in [1.29, 1.82) is 0 Å². The SMILES string of the molecule is COc1cc(-c2onc(Br)c2CCCN[C@@H](C)c2ccccc2)ccc1Br.COc1cc(-c2onc3c2CCCN3[C@@H](C)c2ccccc2)ccc1Br. The molecule has 0 spiro atoms. The quantitative estimate of drug-likeness (QED) is 0.122. The van der Waals surface area contributed by atoms with Crippen molar-refractivity contribution in [1.82, 2.24) is 15.6 Å². The summed E-state index contributed by atoms with van der Waals surface area (Å²) < 4.78 is 24.8. The summed E-state index contributed by atoms with van der Waals surface area (Å²) in [5, 5.41) is 12.1. The van der Waals surface area contributed by atoms with Gasteiger partial charge in [-0.25, -0.2) is 0 Å². The molecule has 8 nitrogen and oxygen atoms in total. The number of hydrogen-bond donors (Lipinski definition) is 1. The summed E-state index contributed by atoms with van der Waals surface area (Å²) in [5.74, 6) is 4.14. The lowest BCUT2D eigenvalue weighted by molar-refractivity contribution is 0.410. The molecule has 7 rings (SSSR count). The maximum Gasteiger partial charge on any atom is 0.176 e. The van der Waals surface area contributed by atoms with Crippen LogP contribution in [0.1, 0.15) is 61.0 Å². The first-order chi connectivity index (χ1) is 25.8. The van der Waals surface area contributed by atoms with Gasteiger partial charge in [-0.1, -0.05) is 71.0 Å². The normalized spacial score (nSPS) is 13.5. The smallest absolute Gasteiger partial charge is 0.176 e. The van der Waals surface area contributed by atoms with Gasteiger partial charge in [0, 0.05) is 34.8 Å². The number of benzene rings is 4. The Morgan fingerprint density at radius 1 is 0.755 bits per heavy atom. The highest BCUT2D eigenvalue weighted by atomic mass is 79.9. The fraction of sp³-hybridized carbons (Fsp3) is 0.286. The van der Waals surface area contributed by atoms with E-state index in [9.17, 15) is 0 Å². The Labute approximate surface area is 336 Å². The predicted molar refractivity (Wildman–Crippen MR) is 222 cm³/mol. The summed E-state index contributed by atoms with van der Waals surface area (Å²) in [5.41, 5.74) is 6.79. The molecule has 0 fully saturated rings. The van der Waals surface area contributed by atoms with Crippen molar-refractivity contribution in [2.24, 2.45) is 0 Å². The van der Waals surface area contributed by atoms with E-state index in [1.807, 2.05) is 48.5 Å². The molecule has 276 valence electrons. The molecule has 0 amide bonds. The Hall–Kier alpha value is -3.90. The number of aromatic nitrogens is 2. The average molecular weight is 908 g/mol. The summed E-state index contributed by atoms with van der Waals surface area (Å²) >= 11 is 10.5. The van der Waals surface area contributed by atoms with Crippen LogP contribution in [0.2, 0.25) is 0 Å². The van der Waals surface area contributed by atoms with E-state index in [4.69, 9.17) is 18.5 Å². The third-order valence-corrected chi connectivity index (χ3v) is 11.5. The first-order valence-electron chi connectivity index (χ1n) is 17.7. The first-order valence-corrected chi connectivity index (χ1v) is 20.1. The van der Waals surface area contributed by atoms with Crippen LogP contribution in [-0.4, -0.2) is 37.6 Å². The second kappa shape index (κ2) is 18.4. The monoisotopic (exact) mass is 904 g/mol. The van der Waals surface area contributed by atoms with Crippen molar-refractivity contribution in [3.63, 3.8) is 0 Å². The van der Waals surface area contributed by atoms with Crippen LogP contribution in [0.4, 0.5) is 5.82 Å². The number of halogens is 3. The topological polar surface area (TPSA) is 85.8 Å². The number of hydrogen-bond acceptors (Lipinski definition) is 8. The van der Waals surface area contributed by atoms with Crippen LogP contribution in [-0.2, 0) is 12.8 Å². The predicted octanol–water partition coefficient (Wildman–Crippen LogP) is 11.8. The average Bonchev–Trinajstić information content (AvgIpc) is 3.80. The Bertz CT molecular complexity index is 2090. The van der Waals surface area contributed by atoms with Crippen molar-refractivity contribution in [2.45, 2.75) is 51.6 Å². The van der Waals surface area contributed by atoms with Crippen LogP contribution < -0.4 is 19.7 Å². The molecule has 1 N–H and O–H groups in total. The van der Waals surface area contributed by atoms with Crippen molar-refractivity contribution in [3.05, 3.63) is 133 Å². The lowest BCUT2D eigenvalue weighted by Gasteiger charge is -2.33. The molecule has 6 aromatic rings. The van der Waals surface area contributed by atoms with E-state index in [0.717, 1.165) is 97.8 Å². The number of methoxy groups -OCH3 is 2. The van der Waals surface area contributed by atoms with Gasteiger partial charge in [-0.2, -0.15) is 0 Å². The van der Waals surface area contributed by atoms with Crippen LogP contribution in [0.5, 0.6) is 11.5 Å². The van der Waals surface area contributed by atoms with Gasteiger partial charge in [0.2, 0.25) is 0 Å². The number of nitrogens with one attached hydrogen (secondary N) is 1. The minimum atomic E-state index is 0.257. The number of anilines is 1. The fourth-order valence-electron chi connectivity index (χ4n) is 6.58. The number of nitrogens with zero attached hydrogens (tertiary/aromatic N) is 3. The fourth-order valence-corrected chi connectivity index (χ4v) is 7.85. The van der Waals surface area contributed by atoms with Crippen LogP contribution in [0.3, 0.4) is 0 Å². The van der Waals surface area contributed by atoms with Crippen molar-refractivity contribution in [2.75, 3.05) is 32.2 Å². The summed E-state index contributed by atoms with van der Waals surface area (Å²) in [4.78, 5) is 2.34. The highest BCUT2D eigenvalue weighted by Crippen LogP contribution is 2.41. The molecule has 53 heavy (non-hydrogen) atoms. The molecule has 1 aliphatic rings. The summed E-state index contributed by atoms with van der Waals surface area (Å²) in [6.45, 7) is 6.31. The van der Waals surface area contributed by atoms with Gasteiger partial charge >= 0.3 is 0 Å². The van der Waals surface area contributed by atoms with E-state index in [-0.39, 0.29) is 6.04 Å². The standard InChI is InChI=1S/C21H22Br2N2O2.C21H21BrN2O2/c1-14(15-7-4-3-5-8-15)24-12-6-9-17-20(27-25-21(17)23)16-10-11-18(22)19(13-16)26-2;1-14(15-7-4-3-5-8-15)24-12-6-9-17-20(26-23-21(17)24)16-10-11-18(22)19(13-16)25-2/h3-5,7-8,10-11,13-14,24H,6,9,12H2,1-2H3;3-5,7-8,10-11,13-14H,6,9,12H2,1-2H3/t2*14-/m00/s1. The van der Waals surface area contributed by atoms with Crippen LogP contribution in [0, 0.1) is 0 Å². The van der Waals surface area contributed by atoms with Gasteiger partial charge in [0.15, 0.2) is 21.9 Å². The molecule has 0 unspecified atom stereocenters. The summed E-state index contributed by atoms with van der Waals surface area (Å²) in [6, 6.07) is 33.5. The molecular weight excluding hydrogens is 864 g/mol. The zero-order valence-corrected chi connectivity index (χ0v) is 35.0. The highest BCUT2D eigenvalue weighted by molar-refractivity contribution is 9.11. The summed E-state index contributed by atoms with van der Waals surface area (Å²) in [6.07, 6.45) is 3.92. The third-order valence-electron chi connectivity index (χ3n) is 9.54. The van der Waals surface area contributed by atoms with E-state index in [0.29, 0.717) is 6.04 Å². The number of rotatable bonds is 12. The van der Waals surface area contributed by atoms with E-state index < -0.39 is 0 Å². The molecule has 0 saturated carbocycles. The van der Waals surface area contributed by atoms with Crippen LogP contribution in [0.25, 0.3) is 22.6 Å². The second-order valence-electron chi connectivity index (χ2n) is 12.9. The highest BCUT2D eigenvalue weighted by Gasteiger charge is 2.29. The van der Waals surface area contributed by atoms with Gasteiger partial charge in [0.25, 0.3) is 0 Å². The van der Waals surface area contributed by atoms with Gasteiger partial charge in [0.05, 0.1) is 29.2 Å². The largest absolute Gasteiger partial charge is 0.496 e. The maximum atomic E-state index is 5.80. The molecule has 3 heterocycles. The molecule has 2 aromatic heterocycles. The number of fused-ring (bicyclic) bond motifs is 1. The van der Waals surface area contributed by atoms with Gasteiger partial charge in [-0.3, -0.25) is 0 Å². The van der Waals surface area contributed by atoms with E-state index in [2.05, 4.69) is 131 Å². The Morgan fingerprint density at radius 2 is 1.34 bits per heavy atom. The molecule has 11 heteroatoms. The molecule has 0 aliphatic carbocycles. The molecule has 2 atom stereocenters. The minimum absolute atomic E-state index is 0.257. The van der Waals surface area contributed by atoms with Crippen molar-refractivity contribution in [3.8, 4) is 34.1 Å². The second-order valence-corrected chi connectivity index (χ2v) is 15.3. The van der Waals surface area contributed by atoms with Gasteiger partial charge in [-0.15, -0.1) is 0 Å². The third kappa shape index (κ3) is 9.25. The van der Waals surface area contributed by atoms with Crippen LogP contribution in [0.15, 0.2) is 120 Å². The van der Waals surface area contributed by atoms with Gasteiger partial charge < -0.3 is 28.7 Å². The molecule has 0 bridgehead atoms. The Kier molecular flexibility index (Phi) is 13.5. The Morgan fingerprint density at radius 3 is 1.96 bits per heavy atom. The van der Waals surface area contributed by atoms with E-state index in [1.54, 1.807) is 14.2 Å². The maximum absolute atomic E-state index is 5.80. The zero-order valence-electron chi connectivity index (χ0n) is 30.2. The molecule has 1 aliphatic heterocycles. The summed E-state index contributed by atoms with van der Waals surface area (Å²) in [7, 11) is 3.32. The van der Waals surface area contributed by atoms with Crippen LogP contribution >= 0.6 is 47.8 Å². The van der Waals surface area contributed by atoms with Crippen molar-refractivity contribution < 1.29 is 18.5 Å². The van der Waals surface area contributed by atoms with E-state index in [1.165, 1.54) is 16.7 Å². The molecule has 4 aromatic carbocycles. The van der Waals surface area contributed by atoms with E-state index >= 15 is 0 Å². The van der Waals surface area contributed by atoms with Gasteiger partial charge in [0.1, 0.15) is 11.5 Å². The number of ether oxygens (including phenoxy) is 2. The molecular formula is C42H43Br3N4O4. The first kappa shape index (κ1) is 38.8.